The van der Waals surface area contributed by atoms with Gasteiger partial charge in [0, 0.05) is 12.3 Å². The van der Waals surface area contributed by atoms with Crippen molar-refractivity contribution in [1.29, 1.82) is 5.26 Å². The number of ether oxygens (including phenoxy) is 1. The third kappa shape index (κ3) is 4.23. The maximum atomic E-state index is 12.0. The highest BCUT2D eigenvalue weighted by Crippen LogP contribution is 2.40. The molecule has 0 aromatic heterocycles. The molecule has 1 atom stereocenters. The smallest absolute Gasteiger partial charge is 0.316 e. The summed E-state index contributed by atoms with van der Waals surface area (Å²) in [6.07, 6.45) is 0.0897. The number of nitriles is 1. The Bertz CT molecular complexity index is 743. The number of carbonyl (C=O) groups is 2. The van der Waals surface area contributed by atoms with Gasteiger partial charge in [0.15, 0.2) is 0 Å². The summed E-state index contributed by atoms with van der Waals surface area (Å²) >= 11 is 13.3. The number of esters is 1. The molecule has 1 heterocycles. The first-order valence-electron chi connectivity index (χ1n) is 7.14. The molecular weight excluding hydrogens is 371 g/mol. The van der Waals surface area contributed by atoms with Crippen LogP contribution in [0.15, 0.2) is 28.8 Å². The van der Waals surface area contributed by atoms with E-state index in [1.54, 1.807) is 25.1 Å². The lowest BCUT2D eigenvalue weighted by molar-refractivity contribution is -0.139. The highest BCUT2D eigenvalue weighted by molar-refractivity contribution is 8.03. The molecule has 8 heteroatoms. The molecule has 0 radical (unpaired) electrons. The minimum Gasteiger partial charge on any atom is -0.465 e. The summed E-state index contributed by atoms with van der Waals surface area (Å²) in [5.74, 6) is -1.16. The lowest BCUT2D eigenvalue weighted by atomic mass is 9.87. The van der Waals surface area contributed by atoms with E-state index in [0.717, 1.165) is 11.8 Å². The summed E-state index contributed by atoms with van der Waals surface area (Å²) in [5.41, 5.74) is 0.970. The summed E-state index contributed by atoms with van der Waals surface area (Å²) in [4.78, 5) is 23.5. The Balaban J connectivity index is 2.35. The Morgan fingerprint density at radius 3 is 2.92 bits per heavy atom. The largest absolute Gasteiger partial charge is 0.465 e. The molecule has 1 aromatic rings. The highest BCUT2D eigenvalue weighted by Gasteiger charge is 2.31. The van der Waals surface area contributed by atoms with E-state index in [2.05, 4.69) is 11.4 Å². The number of allylic oxidation sites excluding steroid dienone is 1. The molecule has 24 heavy (non-hydrogen) atoms. The zero-order valence-electron chi connectivity index (χ0n) is 12.8. The molecule has 2 rings (SSSR count). The lowest BCUT2D eigenvalue weighted by Crippen LogP contribution is -2.31. The van der Waals surface area contributed by atoms with Gasteiger partial charge in [-0.05, 0) is 18.6 Å². The van der Waals surface area contributed by atoms with Crippen LogP contribution >= 0.6 is 35.0 Å². The van der Waals surface area contributed by atoms with Gasteiger partial charge in [0.05, 0.1) is 39.1 Å². The second-order valence-corrected chi connectivity index (χ2v) is 6.67. The number of hydrogen-bond acceptors (Lipinski definition) is 5. The van der Waals surface area contributed by atoms with Crippen LogP contribution in [0.2, 0.25) is 10.0 Å². The van der Waals surface area contributed by atoms with Gasteiger partial charge in [0.25, 0.3) is 0 Å². The molecule has 0 fully saturated rings. The molecule has 1 aliphatic heterocycles. The number of halogens is 2. The van der Waals surface area contributed by atoms with Crippen LogP contribution in [0.3, 0.4) is 0 Å². The van der Waals surface area contributed by atoms with Gasteiger partial charge in [0.2, 0.25) is 5.91 Å². The zero-order chi connectivity index (χ0) is 17.7. The Kier molecular flexibility index (Phi) is 6.55. The van der Waals surface area contributed by atoms with Gasteiger partial charge in [-0.2, -0.15) is 5.26 Å². The van der Waals surface area contributed by atoms with E-state index in [0.29, 0.717) is 26.2 Å². The van der Waals surface area contributed by atoms with Crippen LogP contribution in [0.5, 0.6) is 0 Å². The monoisotopic (exact) mass is 384 g/mol. The van der Waals surface area contributed by atoms with Crippen LogP contribution < -0.4 is 5.32 Å². The van der Waals surface area contributed by atoms with Crippen LogP contribution in [0.4, 0.5) is 0 Å². The number of hydrogen-bond donors (Lipinski definition) is 1. The van der Waals surface area contributed by atoms with Crippen LogP contribution in [0.25, 0.3) is 0 Å². The standard InChI is InChI=1S/C16H14Cl2N2O3S/c1-2-23-14(22)8-24-16-11(7-19)10(6-13(21)20-16)9-4-3-5-12(17)15(9)18/h3-5,10H,2,6,8H2,1H3,(H,20,21)/t10-/m1/s1. The quantitative estimate of drug-likeness (QED) is 0.783. The average Bonchev–Trinajstić information content (AvgIpc) is 2.55. The predicted molar refractivity (Wildman–Crippen MR) is 93.7 cm³/mol. The predicted octanol–water partition coefficient (Wildman–Crippen LogP) is 3.63. The molecule has 0 saturated carbocycles. The van der Waals surface area contributed by atoms with E-state index in [9.17, 15) is 14.9 Å². The third-order valence-corrected chi connectivity index (χ3v) is 5.18. The second-order valence-electron chi connectivity index (χ2n) is 4.90. The first-order valence-corrected chi connectivity index (χ1v) is 8.88. The maximum Gasteiger partial charge on any atom is 0.316 e. The molecule has 0 unspecified atom stereocenters. The summed E-state index contributed by atoms with van der Waals surface area (Å²) in [7, 11) is 0. The van der Waals surface area contributed by atoms with E-state index in [-0.39, 0.29) is 24.7 Å². The van der Waals surface area contributed by atoms with Gasteiger partial charge in [-0.15, -0.1) is 0 Å². The van der Waals surface area contributed by atoms with Gasteiger partial charge >= 0.3 is 5.97 Å². The molecule has 0 bridgehead atoms. The highest BCUT2D eigenvalue weighted by atomic mass is 35.5. The number of nitrogens with one attached hydrogen (secondary N) is 1. The lowest BCUT2D eigenvalue weighted by Gasteiger charge is -2.25. The molecule has 0 saturated heterocycles. The van der Waals surface area contributed by atoms with Crippen molar-refractivity contribution < 1.29 is 14.3 Å². The minimum atomic E-state index is -0.500. The fourth-order valence-electron chi connectivity index (χ4n) is 2.32. The molecular formula is C16H14Cl2N2O3S. The molecule has 1 aliphatic rings. The summed E-state index contributed by atoms with van der Waals surface area (Å²) in [6.45, 7) is 1.98. The molecule has 1 amide bonds. The number of benzene rings is 1. The van der Waals surface area contributed by atoms with Gasteiger partial charge in [-0.25, -0.2) is 0 Å². The van der Waals surface area contributed by atoms with Gasteiger partial charge in [0.1, 0.15) is 0 Å². The Morgan fingerprint density at radius 1 is 1.50 bits per heavy atom. The molecule has 0 aliphatic carbocycles. The number of rotatable bonds is 5. The Hall–Kier alpha value is -1.68. The zero-order valence-corrected chi connectivity index (χ0v) is 15.1. The van der Waals surface area contributed by atoms with E-state index < -0.39 is 11.9 Å². The van der Waals surface area contributed by atoms with Crippen LogP contribution in [0, 0.1) is 11.3 Å². The normalized spacial score (nSPS) is 17.2. The van der Waals surface area contributed by atoms with Crippen molar-refractivity contribution in [3.63, 3.8) is 0 Å². The topological polar surface area (TPSA) is 79.2 Å². The third-order valence-electron chi connectivity index (χ3n) is 3.35. The van der Waals surface area contributed by atoms with Crippen molar-refractivity contribution in [3.8, 4) is 6.07 Å². The number of carbonyl (C=O) groups excluding carboxylic acids is 2. The minimum absolute atomic E-state index is 0.00459. The summed E-state index contributed by atoms with van der Waals surface area (Å²) in [6, 6.07) is 7.21. The van der Waals surface area contributed by atoms with Crippen molar-refractivity contribution in [2.75, 3.05) is 12.4 Å². The molecule has 126 valence electrons. The number of nitrogens with zero attached hydrogens (tertiary/aromatic N) is 1. The van der Waals surface area contributed by atoms with E-state index in [1.807, 2.05) is 0 Å². The molecule has 0 spiro atoms. The summed E-state index contributed by atoms with van der Waals surface area (Å²) in [5, 5.41) is 13.2. The fourth-order valence-corrected chi connectivity index (χ4v) is 3.64. The van der Waals surface area contributed by atoms with Crippen LogP contribution in [0.1, 0.15) is 24.8 Å². The average molecular weight is 385 g/mol. The number of thioether (sulfide) groups is 1. The van der Waals surface area contributed by atoms with Crippen molar-refractivity contribution >= 4 is 46.8 Å². The van der Waals surface area contributed by atoms with Crippen molar-refractivity contribution in [3.05, 3.63) is 44.4 Å². The SMILES string of the molecule is CCOC(=O)CSC1=C(C#N)[C@@H](c2cccc(Cl)c2Cl)CC(=O)N1. The summed E-state index contributed by atoms with van der Waals surface area (Å²) < 4.78 is 4.86. The Labute approximate surface area is 153 Å². The van der Waals surface area contributed by atoms with Crippen molar-refractivity contribution in [1.82, 2.24) is 5.32 Å². The first kappa shape index (κ1) is 18.7. The van der Waals surface area contributed by atoms with Gasteiger partial charge in [-0.1, -0.05) is 47.1 Å². The second kappa shape index (κ2) is 8.43. The Morgan fingerprint density at radius 2 is 2.25 bits per heavy atom. The first-order chi connectivity index (χ1) is 11.5. The fraction of sp³-hybridized carbons (Fsp3) is 0.312. The maximum absolute atomic E-state index is 12.0. The molecule has 5 nitrogen and oxygen atoms in total. The van der Waals surface area contributed by atoms with E-state index in [4.69, 9.17) is 27.9 Å². The molecule has 1 N–H and O–H groups in total. The van der Waals surface area contributed by atoms with Gasteiger partial charge in [-0.3, -0.25) is 9.59 Å². The van der Waals surface area contributed by atoms with Crippen molar-refractivity contribution in [2.24, 2.45) is 0 Å². The van der Waals surface area contributed by atoms with E-state index in [1.165, 1.54) is 0 Å². The molecule has 1 aromatic carbocycles. The van der Waals surface area contributed by atoms with Crippen LogP contribution in [-0.2, 0) is 14.3 Å². The number of amides is 1. The van der Waals surface area contributed by atoms with Crippen molar-refractivity contribution in [2.45, 2.75) is 19.3 Å². The van der Waals surface area contributed by atoms with E-state index >= 15 is 0 Å². The van der Waals surface area contributed by atoms with Crippen LogP contribution in [-0.4, -0.2) is 24.2 Å². The van der Waals surface area contributed by atoms with Gasteiger partial charge < -0.3 is 10.1 Å².